The Hall–Kier alpha value is -4.13. The van der Waals surface area contributed by atoms with Crippen molar-refractivity contribution in [2.75, 3.05) is 32.2 Å². The summed E-state index contributed by atoms with van der Waals surface area (Å²) in [5.74, 6) is 0.860. The topological polar surface area (TPSA) is 80.2 Å². The van der Waals surface area contributed by atoms with E-state index in [2.05, 4.69) is 5.32 Å². The van der Waals surface area contributed by atoms with Gasteiger partial charge in [-0.2, -0.15) is 0 Å². The molecular weight excluding hydrogens is 442 g/mol. The zero-order valence-electron chi connectivity index (χ0n) is 20.2. The van der Waals surface area contributed by atoms with Gasteiger partial charge in [-0.05, 0) is 37.1 Å². The minimum atomic E-state index is -0.614. The van der Waals surface area contributed by atoms with E-state index in [-0.39, 0.29) is 18.4 Å². The molecule has 35 heavy (non-hydrogen) atoms. The van der Waals surface area contributed by atoms with Gasteiger partial charge in [-0.1, -0.05) is 54.6 Å². The number of rotatable bonds is 8. The number of amides is 2. The third kappa shape index (κ3) is 5.35. The number of benzene rings is 3. The lowest BCUT2D eigenvalue weighted by atomic mass is 10.0. The molecule has 1 aliphatic rings. The minimum absolute atomic E-state index is 0.0797. The molecule has 0 spiro atoms. The Balaban J connectivity index is 1.48. The first-order valence-electron chi connectivity index (χ1n) is 11.5. The fourth-order valence-corrected chi connectivity index (χ4v) is 4.14. The maximum absolute atomic E-state index is 13.3. The number of nitrogens with zero attached hydrogens (tertiary/aromatic N) is 2. The van der Waals surface area contributed by atoms with Crippen molar-refractivity contribution >= 4 is 23.2 Å². The van der Waals surface area contributed by atoms with E-state index >= 15 is 0 Å². The van der Waals surface area contributed by atoms with Gasteiger partial charge in [-0.15, -0.1) is 0 Å². The molecule has 0 aliphatic carbocycles. The summed E-state index contributed by atoms with van der Waals surface area (Å²) in [6, 6.07) is 22.4. The number of hydrogen-bond donors (Lipinski definition) is 1. The van der Waals surface area contributed by atoms with Crippen molar-refractivity contribution in [3.63, 3.8) is 0 Å². The minimum Gasteiger partial charge on any atom is -0.493 e. The van der Waals surface area contributed by atoms with Gasteiger partial charge in [0.05, 0.1) is 25.6 Å². The number of hydrogen-bond acceptors (Lipinski definition) is 5. The van der Waals surface area contributed by atoms with Crippen molar-refractivity contribution < 1.29 is 19.1 Å². The number of methoxy groups -OCH3 is 2. The average molecular weight is 472 g/mol. The van der Waals surface area contributed by atoms with Gasteiger partial charge in [0.2, 0.25) is 5.91 Å². The van der Waals surface area contributed by atoms with Crippen molar-refractivity contribution in [3.8, 4) is 11.5 Å². The van der Waals surface area contributed by atoms with Crippen LogP contribution >= 0.6 is 0 Å². The number of para-hydroxylation sites is 1. The number of aliphatic imine (C=N–C) groups is 1. The summed E-state index contributed by atoms with van der Waals surface area (Å²) in [5, 5.41) is 2.93. The van der Waals surface area contributed by atoms with Gasteiger partial charge in [0, 0.05) is 17.7 Å². The van der Waals surface area contributed by atoms with Crippen LogP contribution in [0.2, 0.25) is 0 Å². The Morgan fingerprint density at radius 1 is 0.971 bits per heavy atom. The molecule has 4 rings (SSSR count). The molecule has 0 saturated carbocycles. The monoisotopic (exact) mass is 471 g/mol. The van der Waals surface area contributed by atoms with E-state index in [1.165, 1.54) is 4.90 Å². The molecule has 1 atom stereocenters. The highest BCUT2D eigenvalue weighted by Gasteiger charge is 2.30. The first-order valence-corrected chi connectivity index (χ1v) is 11.5. The number of anilines is 1. The zero-order chi connectivity index (χ0) is 24.8. The highest BCUT2D eigenvalue weighted by molar-refractivity contribution is 6.20. The van der Waals surface area contributed by atoms with E-state index in [4.69, 9.17) is 14.5 Å². The molecule has 3 aromatic rings. The Bertz CT molecular complexity index is 1240. The summed E-state index contributed by atoms with van der Waals surface area (Å²) >= 11 is 0. The molecule has 1 N–H and O–H groups in total. The van der Waals surface area contributed by atoms with Crippen LogP contribution in [0.1, 0.15) is 23.6 Å². The molecule has 3 aromatic carbocycles. The predicted molar refractivity (Wildman–Crippen MR) is 137 cm³/mol. The third-order valence-electron chi connectivity index (χ3n) is 5.93. The molecule has 0 aromatic heterocycles. The Morgan fingerprint density at radius 3 is 2.43 bits per heavy atom. The molecule has 0 saturated heterocycles. The molecule has 7 heteroatoms. The Morgan fingerprint density at radius 2 is 1.69 bits per heavy atom. The van der Waals surface area contributed by atoms with Crippen molar-refractivity contribution in [1.29, 1.82) is 0 Å². The summed E-state index contributed by atoms with van der Waals surface area (Å²) in [7, 11) is 3.18. The fourth-order valence-electron chi connectivity index (χ4n) is 4.14. The van der Waals surface area contributed by atoms with Gasteiger partial charge in [0.15, 0.2) is 11.5 Å². The number of fused-ring (bicyclic) bond motifs is 1. The van der Waals surface area contributed by atoms with Gasteiger partial charge in [0.25, 0.3) is 5.91 Å². The van der Waals surface area contributed by atoms with E-state index in [0.29, 0.717) is 30.2 Å². The van der Waals surface area contributed by atoms with Gasteiger partial charge < -0.3 is 19.7 Å². The van der Waals surface area contributed by atoms with Gasteiger partial charge in [-0.25, -0.2) is 0 Å². The largest absolute Gasteiger partial charge is 0.493 e. The molecule has 0 bridgehead atoms. The van der Waals surface area contributed by atoms with Gasteiger partial charge in [0.1, 0.15) is 12.6 Å². The van der Waals surface area contributed by atoms with E-state index in [1.807, 2.05) is 72.8 Å². The van der Waals surface area contributed by atoms with Crippen LogP contribution in [0, 0.1) is 0 Å². The highest BCUT2D eigenvalue weighted by Crippen LogP contribution is 2.29. The van der Waals surface area contributed by atoms with Crippen LogP contribution < -0.4 is 19.7 Å². The third-order valence-corrected chi connectivity index (χ3v) is 5.93. The molecule has 7 nitrogen and oxygen atoms in total. The molecule has 0 fully saturated rings. The normalized spacial score (nSPS) is 15.1. The lowest BCUT2D eigenvalue weighted by Gasteiger charge is -2.24. The van der Waals surface area contributed by atoms with E-state index in [9.17, 15) is 9.59 Å². The standard InChI is InChI=1S/C28H29N3O4/c1-19-28(33)31(18-26(32)29-16-15-20-13-14-24(34-2)25(17-20)35-3)23-12-8-7-11-22(23)27(30-19)21-9-5-4-6-10-21/h4-14,17,19H,15-16,18H2,1-3H3,(H,29,32)/t19-/m0/s1. The number of carbonyl (C=O) groups is 2. The van der Waals surface area contributed by atoms with Crippen molar-refractivity contribution in [2.24, 2.45) is 4.99 Å². The lowest BCUT2D eigenvalue weighted by Crippen LogP contribution is -2.44. The summed E-state index contributed by atoms with van der Waals surface area (Å²) < 4.78 is 10.6. The summed E-state index contributed by atoms with van der Waals surface area (Å²) in [5.41, 5.74) is 4.20. The first kappa shape index (κ1) is 24.0. The van der Waals surface area contributed by atoms with Crippen LogP contribution in [-0.4, -0.2) is 50.9 Å². The van der Waals surface area contributed by atoms with Gasteiger partial charge >= 0.3 is 0 Å². The summed E-state index contributed by atoms with van der Waals surface area (Å²) in [4.78, 5) is 32.4. The second-order valence-corrected chi connectivity index (χ2v) is 8.25. The molecule has 0 unspecified atom stereocenters. The van der Waals surface area contributed by atoms with Crippen LogP contribution in [0.25, 0.3) is 0 Å². The average Bonchev–Trinajstić information content (AvgIpc) is 2.99. The lowest BCUT2D eigenvalue weighted by molar-refractivity contribution is -0.124. The number of ether oxygens (including phenoxy) is 2. The van der Waals surface area contributed by atoms with E-state index in [1.54, 1.807) is 21.1 Å². The van der Waals surface area contributed by atoms with Crippen LogP contribution in [0.15, 0.2) is 77.8 Å². The number of carbonyl (C=O) groups excluding carboxylic acids is 2. The van der Waals surface area contributed by atoms with Crippen molar-refractivity contribution in [1.82, 2.24) is 5.32 Å². The summed E-state index contributed by atoms with van der Waals surface area (Å²) in [6.45, 7) is 2.11. The smallest absolute Gasteiger partial charge is 0.252 e. The quantitative estimate of drug-likeness (QED) is 0.544. The number of benzodiazepines with no additional fused rings is 1. The van der Waals surface area contributed by atoms with Crippen LogP contribution in [-0.2, 0) is 16.0 Å². The second-order valence-electron chi connectivity index (χ2n) is 8.25. The Kier molecular flexibility index (Phi) is 7.45. The van der Waals surface area contributed by atoms with Crippen LogP contribution in [0.5, 0.6) is 11.5 Å². The first-order chi connectivity index (χ1) is 17.0. The second kappa shape index (κ2) is 10.9. The summed E-state index contributed by atoms with van der Waals surface area (Å²) in [6.07, 6.45) is 0.619. The van der Waals surface area contributed by atoms with E-state index < -0.39 is 6.04 Å². The fraction of sp³-hybridized carbons (Fsp3) is 0.250. The van der Waals surface area contributed by atoms with Crippen LogP contribution in [0.4, 0.5) is 5.69 Å². The molecule has 0 radical (unpaired) electrons. The molecule has 180 valence electrons. The van der Waals surface area contributed by atoms with Crippen molar-refractivity contribution in [2.45, 2.75) is 19.4 Å². The highest BCUT2D eigenvalue weighted by atomic mass is 16.5. The SMILES string of the molecule is COc1ccc(CCNC(=O)CN2C(=O)[C@H](C)N=C(c3ccccc3)c3ccccc32)cc1OC. The zero-order valence-corrected chi connectivity index (χ0v) is 20.2. The molecular formula is C28H29N3O4. The molecule has 1 heterocycles. The molecule has 1 aliphatic heterocycles. The van der Waals surface area contributed by atoms with Gasteiger partial charge in [-0.3, -0.25) is 14.6 Å². The van der Waals surface area contributed by atoms with Crippen LogP contribution in [0.3, 0.4) is 0 Å². The Labute approximate surface area is 205 Å². The maximum atomic E-state index is 13.3. The maximum Gasteiger partial charge on any atom is 0.252 e. The molecule has 2 amide bonds. The number of nitrogens with one attached hydrogen (secondary N) is 1. The van der Waals surface area contributed by atoms with E-state index in [0.717, 1.165) is 22.4 Å². The predicted octanol–water partition coefficient (Wildman–Crippen LogP) is 3.64. The van der Waals surface area contributed by atoms with Crippen molar-refractivity contribution in [3.05, 3.63) is 89.5 Å².